The summed E-state index contributed by atoms with van der Waals surface area (Å²) < 4.78 is 16.3. The molecule has 4 rings (SSSR count). The minimum Gasteiger partial charge on any atom is -0.493 e. The molecule has 34 heavy (non-hydrogen) atoms. The highest BCUT2D eigenvalue weighted by Crippen LogP contribution is 2.41. The largest absolute Gasteiger partial charge is 0.493 e. The molecule has 0 saturated heterocycles. The van der Waals surface area contributed by atoms with Crippen LogP contribution in [-0.4, -0.2) is 38.0 Å². The van der Waals surface area contributed by atoms with Crippen molar-refractivity contribution in [3.05, 3.63) is 89.1 Å². The van der Waals surface area contributed by atoms with Crippen LogP contribution < -0.4 is 19.5 Å². The number of anilines is 1. The van der Waals surface area contributed by atoms with Crippen molar-refractivity contribution in [2.24, 2.45) is 0 Å². The average Bonchev–Trinajstić information content (AvgIpc) is 3.08. The molecule has 0 spiro atoms. The fraction of sp³-hybridized carbons (Fsp3) is 0.185. The van der Waals surface area contributed by atoms with E-state index in [1.54, 1.807) is 12.1 Å². The van der Waals surface area contributed by atoms with E-state index in [0.29, 0.717) is 34.1 Å². The number of aryl methyl sites for hydroxylation is 1. The van der Waals surface area contributed by atoms with Gasteiger partial charge in [0.1, 0.15) is 5.70 Å². The van der Waals surface area contributed by atoms with Crippen LogP contribution in [0.25, 0.3) is 5.57 Å². The SMILES string of the molecule is COc1cc(NC2=C(c3ccc(C)cc3)C(=O)N(Cc3ccccc3)C2=O)cc(OC)c1OC. The lowest BCUT2D eigenvalue weighted by Crippen LogP contribution is -2.32. The molecule has 2 amide bonds. The fourth-order valence-corrected chi connectivity index (χ4v) is 3.89. The smallest absolute Gasteiger partial charge is 0.278 e. The van der Waals surface area contributed by atoms with Gasteiger partial charge >= 0.3 is 0 Å². The molecule has 1 aliphatic rings. The number of nitrogens with one attached hydrogen (secondary N) is 1. The topological polar surface area (TPSA) is 77.1 Å². The molecule has 3 aromatic carbocycles. The Bertz CT molecular complexity index is 1220. The number of hydrogen-bond acceptors (Lipinski definition) is 6. The summed E-state index contributed by atoms with van der Waals surface area (Å²) in [6, 6.07) is 20.3. The number of carbonyl (C=O) groups excluding carboxylic acids is 2. The molecule has 0 atom stereocenters. The summed E-state index contributed by atoms with van der Waals surface area (Å²) in [5.74, 6) is 0.535. The van der Waals surface area contributed by atoms with Gasteiger partial charge in [-0.25, -0.2) is 0 Å². The van der Waals surface area contributed by atoms with E-state index in [4.69, 9.17) is 14.2 Å². The lowest BCUT2D eigenvalue weighted by atomic mass is 10.0. The highest BCUT2D eigenvalue weighted by molar-refractivity contribution is 6.36. The summed E-state index contributed by atoms with van der Waals surface area (Å²) in [6.45, 7) is 2.14. The number of benzene rings is 3. The average molecular weight is 459 g/mol. The van der Waals surface area contributed by atoms with Crippen LogP contribution in [0.4, 0.5) is 5.69 Å². The number of ether oxygens (including phenoxy) is 3. The van der Waals surface area contributed by atoms with Crippen molar-refractivity contribution in [3.8, 4) is 17.2 Å². The van der Waals surface area contributed by atoms with Gasteiger partial charge in [0.25, 0.3) is 11.8 Å². The van der Waals surface area contributed by atoms with E-state index < -0.39 is 5.91 Å². The van der Waals surface area contributed by atoms with E-state index in [2.05, 4.69) is 5.32 Å². The second kappa shape index (κ2) is 9.70. The number of amides is 2. The summed E-state index contributed by atoms with van der Waals surface area (Å²) in [5.41, 5.74) is 3.61. The molecule has 174 valence electrons. The molecule has 1 heterocycles. The van der Waals surface area contributed by atoms with Gasteiger partial charge in [-0.1, -0.05) is 60.2 Å². The number of hydrogen-bond donors (Lipinski definition) is 1. The number of imide groups is 1. The molecule has 0 aromatic heterocycles. The van der Waals surface area contributed by atoms with Crippen LogP contribution in [0.3, 0.4) is 0 Å². The highest BCUT2D eigenvalue weighted by Gasteiger charge is 2.39. The molecule has 0 fully saturated rings. The highest BCUT2D eigenvalue weighted by atomic mass is 16.5. The predicted molar refractivity (Wildman–Crippen MR) is 130 cm³/mol. The minimum absolute atomic E-state index is 0.175. The van der Waals surface area contributed by atoms with E-state index in [9.17, 15) is 9.59 Å². The summed E-state index contributed by atoms with van der Waals surface area (Å²) >= 11 is 0. The molecule has 0 bridgehead atoms. The van der Waals surface area contributed by atoms with E-state index in [0.717, 1.165) is 11.1 Å². The zero-order valence-electron chi connectivity index (χ0n) is 19.5. The van der Waals surface area contributed by atoms with Gasteiger partial charge in [-0.05, 0) is 18.1 Å². The molecular weight excluding hydrogens is 432 g/mol. The van der Waals surface area contributed by atoms with Crippen LogP contribution in [0, 0.1) is 6.92 Å². The van der Waals surface area contributed by atoms with Crippen LogP contribution in [0.2, 0.25) is 0 Å². The quantitative estimate of drug-likeness (QED) is 0.504. The van der Waals surface area contributed by atoms with E-state index in [-0.39, 0.29) is 18.1 Å². The van der Waals surface area contributed by atoms with Crippen molar-refractivity contribution in [1.82, 2.24) is 4.90 Å². The first-order valence-corrected chi connectivity index (χ1v) is 10.7. The van der Waals surface area contributed by atoms with Gasteiger partial charge in [0.05, 0.1) is 33.4 Å². The number of methoxy groups -OCH3 is 3. The molecule has 3 aromatic rings. The summed E-state index contributed by atoms with van der Waals surface area (Å²) in [4.78, 5) is 28.3. The van der Waals surface area contributed by atoms with Gasteiger partial charge < -0.3 is 19.5 Å². The number of rotatable bonds is 8. The molecule has 7 nitrogen and oxygen atoms in total. The summed E-state index contributed by atoms with van der Waals surface area (Å²) in [5, 5.41) is 3.15. The molecule has 0 radical (unpaired) electrons. The zero-order valence-corrected chi connectivity index (χ0v) is 19.5. The molecule has 1 N–H and O–H groups in total. The minimum atomic E-state index is -0.404. The normalized spacial score (nSPS) is 13.4. The lowest BCUT2D eigenvalue weighted by Gasteiger charge is -2.17. The first kappa shape index (κ1) is 22.9. The lowest BCUT2D eigenvalue weighted by molar-refractivity contribution is -0.137. The Morgan fingerprint density at radius 3 is 1.97 bits per heavy atom. The molecular formula is C27H26N2O5. The summed E-state index contributed by atoms with van der Waals surface area (Å²) in [7, 11) is 4.56. The Morgan fingerprint density at radius 1 is 0.794 bits per heavy atom. The Labute approximate surface area is 198 Å². The monoisotopic (exact) mass is 458 g/mol. The maximum Gasteiger partial charge on any atom is 0.278 e. The Balaban J connectivity index is 1.78. The standard InChI is InChI=1S/C27H26N2O5/c1-17-10-12-19(13-11-17)23-24(27(31)29(26(23)30)16-18-8-6-5-7-9-18)28-20-14-21(32-2)25(34-4)22(15-20)33-3/h5-15,28H,16H2,1-4H3. The third-order valence-electron chi connectivity index (χ3n) is 5.63. The van der Waals surface area contributed by atoms with Gasteiger partial charge in [-0.2, -0.15) is 0 Å². The van der Waals surface area contributed by atoms with Crippen LogP contribution >= 0.6 is 0 Å². The van der Waals surface area contributed by atoms with Crippen molar-refractivity contribution >= 4 is 23.1 Å². The molecule has 0 aliphatic carbocycles. The van der Waals surface area contributed by atoms with Gasteiger partial charge in [-0.15, -0.1) is 0 Å². The van der Waals surface area contributed by atoms with Gasteiger partial charge in [0, 0.05) is 17.8 Å². The van der Waals surface area contributed by atoms with E-state index >= 15 is 0 Å². The predicted octanol–water partition coefficient (Wildman–Crippen LogP) is 4.41. The van der Waals surface area contributed by atoms with Crippen molar-refractivity contribution < 1.29 is 23.8 Å². The van der Waals surface area contributed by atoms with Crippen molar-refractivity contribution in [2.45, 2.75) is 13.5 Å². The van der Waals surface area contributed by atoms with Gasteiger partial charge in [-0.3, -0.25) is 14.5 Å². The van der Waals surface area contributed by atoms with Gasteiger partial charge in [0.15, 0.2) is 11.5 Å². The first-order chi connectivity index (χ1) is 16.5. The number of nitrogens with zero attached hydrogens (tertiary/aromatic N) is 1. The third-order valence-corrected chi connectivity index (χ3v) is 5.63. The maximum atomic E-state index is 13.5. The van der Waals surface area contributed by atoms with E-state index in [1.165, 1.54) is 26.2 Å². The number of carbonyl (C=O) groups is 2. The molecule has 0 saturated carbocycles. The van der Waals surface area contributed by atoms with Gasteiger partial charge in [0.2, 0.25) is 5.75 Å². The van der Waals surface area contributed by atoms with Crippen LogP contribution in [0.15, 0.2) is 72.4 Å². The summed E-state index contributed by atoms with van der Waals surface area (Å²) in [6.07, 6.45) is 0. The fourth-order valence-electron chi connectivity index (χ4n) is 3.89. The zero-order chi connectivity index (χ0) is 24.2. The third kappa shape index (κ3) is 4.32. The van der Waals surface area contributed by atoms with Crippen molar-refractivity contribution in [2.75, 3.05) is 26.6 Å². The first-order valence-electron chi connectivity index (χ1n) is 10.7. The Hall–Kier alpha value is -4.26. The van der Waals surface area contributed by atoms with Crippen molar-refractivity contribution in [1.29, 1.82) is 0 Å². The Morgan fingerprint density at radius 2 is 1.41 bits per heavy atom. The molecule has 1 aliphatic heterocycles. The van der Waals surface area contributed by atoms with Crippen molar-refractivity contribution in [3.63, 3.8) is 0 Å². The maximum absolute atomic E-state index is 13.5. The van der Waals surface area contributed by atoms with Crippen LogP contribution in [-0.2, 0) is 16.1 Å². The van der Waals surface area contributed by atoms with Crippen LogP contribution in [0.5, 0.6) is 17.2 Å². The second-order valence-electron chi connectivity index (χ2n) is 7.84. The Kier molecular flexibility index (Phi) is 6.54. The molecule has 0 unspecified atom stereocenters. The second-order valence-corrected chi connectivity index (χ2v) is 7.84. The molecule has 7 heteroatoms. The van der Waals surface area contributed by atoms with Crippen LogP contribution in [0.1, 0.15) is 16.7 Å². The van der Waals surface area contributed by atoms with E-state index in [1.807, 2.05) is 61.5 Å².